The van der Waals surface area contributed by atoms with Crippen LogP contribution in [-0.2, 0) is 14.2 Å². The Morgan fingerprint density at radius 1 is 1.13 bits per heavy atom. The first-order valence-electron chi connectivity index (χ1n) is 5.78. The van der Waals surface area contributed by atoms with Crippen LogP contribution in [0.4, 0.5) is 0 Å². The van der Waals surface area contributed by atoms with Gasteiger partial charge in [0.1, 0.15) is 0 Å². The van der Waals surface area contributed by atoms with Crippen molar-refractivity contribution in [3.05, 3.63) is 0 Å². The van der Waals surface area contributed by atoms with Crippen LogP contribution in [0.25, 0.3) is 0 Å². The van der Waals surface area contributed by atoms with Gasteiger partial charge in [-0.3, -0.25) is 4.90 Å². The van der Waals surface area contributed by atoms with E-state index >= 15 is 0 Å². The van der Waals surface area contributed by atoms with Crippen LogP contribution in [0.1, 0.15) is 13.8 Å². The number of rotatable bonds is 7. The van der Waals surface area contributed by atoms with E-state index in [0.717, 1.165) is 39.5 Å². The Morgan fingerprint density at radius 2 is 1.87 bits per heavy atom. The standard InChI is InChI=1S/C11H23NO3/c1-11(2)15-10-9-14-8-5-12-3-6-13-7-4-12/h11H,3-10H2,1-2H3. The molecule has 4 nitrogen and oxygen atoms in total. The fourth-order valence-corrected chi connectivity index (χ4v) is 1.46. The first-order valence-corrected chi connectivity index (χ1v) is 5.78. The molecular formula is C11H23NO3. The first-order chi connectivity index (χ1) is 7.29. The summed E-state index contributed by atoms with van der Waals surface area (Å²) in [6.07, 6.45) is 0.299. The third-order valence-electron chi connectivity index (χ3n) is 2.33. The molecule has 1 aliphatic heterocycles. The van der Waals surface area contributed by atoms with Gasteiger partial charge in [-0.05, 0) is 13.8 Å². The van der Waals surface area contributed by atoms with Crippen molar-refractivity contribution in [1.29, 1.82) is 0 Å². The molecule has 1 saturated heterocycles. The topological polar surface area (TPSA) is 30.9 Å². The number of hydrogen-bond acceptors (Lipinski definition) is 4. The van der Waals surface area contributed by atoms with E-state index in [1.165, 1.54) is 0 Å². The predicted octanol–water partition coefficient (Wildman–Crippen LogP) is 0.760. The van der Waals surface area contributed by atoms with Crippen LogP contribution in [0, 0.1) is 0 Å². The molecule has 1 heterocycles. The fraction of sp³-hybridized carbons (Fsp3) is 1.00. The van der Waals surface area contributed by atoms with Crippen molar-refractivity contribution in [2.75, 3.05) is 52.7 Å². The van der Waals surface area contributed by atoms with E-state index in [1.54, 1.807) is 0 Å². The summed E-state index contributed by atoms with van der Waals surface area (Å²) in [4.78, 5) is 2.37. The third-order valence-corrected chi connectivity index (χ3v) is 2.33. The van der Waals surface area contributed by atoms with Crippen LogP contribution in [0.3, 0.4) is 0 Å². The van der Waals surface area contributed by atoms with Crippen LogP contribution in [0.5, 0.6) is 0 Å². The molecule has 15 heavy (non-hydrogen) atoms. The van der Waals surface area contributed by atoms with Crippen LogP contribution in [-0.4, -0.2) is 63.7 Å². The molecule has 1 aliphatic rings. The van der Waals surface area contributed by atoms with Crippen molar-refractivity contribution >= 4 is 0 Å². The second kappa shape index (κ2) is 8.05. The summed E-state index contributed by atoms with van der Waals surface area (Å²) in [5.74, 6) is 0. The Bertz CT molecular complexity index is 147. The second-order valence-corrected chi connectivity index (χ2v) is 3.99. The highest BCUT2D eigenvalue weighted by atomic mass is 16.5. The number of morpholine rings is 1. The van der Waals surface area contributed by atoms with Gasteiger partial charge in [-0.2, -0.15) is 0 Å². The Labute approximate surface area is 92.5 Å². The van der Waals surface area contributed by atoms with E-state index in [0.29, 0.717) is 19.3 Å². The maximum Gasteiger partial charge on any atom is 0.0703 e. The number of ether oxygens (including phenoxy) is 3. The third kappa shape index (κ3) is 6.84. The zero-order chi connectivity index (χ0) is 10.9. The van der Waals surface area contributed by atoms with E-state index in [9.17, 15) is 0 Å². The number of nitrogens with zero attached hydrogens (tertiary/aromatic N) is 1. The van der Waals surface area contributed by atoms with Crippen molar-refractivity contribution in [3.8, 4) is 0 Å². The monoisotopic (exact) mass is 217 g/mol. The Morgan fingerprint density at radius 3 is 2.53 bits per heavy atom. The van der Waals surface area contributed by atoms with Crippen molar-refractivity contribution < 1.29 is 14.2 Å². The van der Waals surface area contributed by atoms with E-state index in [4.69, 9.17) is 14.2 Å². The van der Waals surface area contributed by atoms with Crippen LogP contribution in [0.2, 0.25) is 0 Å². The van der Waals surface area contributed by atoms with Crippen LogP contribution in [0.15, 0.2) is 0 Å². The lowest BCUT2D eigenvalue weighted by Crippen LogP contribution is -2.38. The van der Waals surface area contributed by atoms with Gasteiger partial charge in [0.2, 0.25) is 0 Å². The molecule has 0 aliphatic carbocycles. The lowest BCUT2D eigenvalue weighted by atomic mass is 10.4. The summed E-state index contributed by atoms with van der Waals surface area (Å²) >= 11 is 0. The lowest BCUT2D eigenvalue weighted by Gasteiger charge is -2.26. The van der Waals surface area contributed by atoms with Gasteiger partial charge in [0.25, 0.3) is 0 Å². The molecule has 1 rings (SSSR count). The molecule has 0 amide bonds. The molecule has 0 bridgehead atoms. The summed E-state index contributed by atoms with van der Waals surface area (Å²) < 4.78 is 16.1. The summed E-state index contributed by atoms with van der Waals surface area (Å²) in [6, 6.07) is 0. The molecule has 1 fully saturated rings. The summed E-state index contributed by atoms with van der Waals surface area (Å²) in [7, 11) is 0. The summed E-state index contributed by atoms with van der Waals surface area (Å²) in [6.45, 7) is 11.0. The first kappa shape index (κ1) is 12.9. The minimum absolute atomic E-state index is 0.299. The molecule has 0 aromatic rings. The van der Waals surface area contributed by atoms with E-state index in [-0.39, 0.29) is 0 Å². The highest BCUT2D eigenvalue weighted by Gasteiger charge is 2.08. The van der Waals surface area contributed by atoms with Gasteiger partial charge in [-0.1, -0.05) is 0 Å². The number of hydrogen-bond donors (Lipinski definition) is 0. The SMILES string of the molecule is CC(C)OCCOCCN1CCOCC1. The van der Waals surface area contributed by atoms with Crippen LogP contribution < -0.4 is 0 Å². The van der Waals surface area contributed by atoms with Gasteiger partial charge in [0.05, 0.1) is 39.1 Å². The largest absolute Gasteiger partial charge is 0.379 e. The van der Waals surface area contributed by atoms with E-state index in [1.807, 2.05) is 13.8 Å². The van der Waals surface area contributed by atoms with Gasteiger partial charge in [-0.25, -0.2) is 0 Å². The maximum atomic E-state index is 5.48. The zero-order valence-electron chi connectivity index (χ0n) is 9.91. The quantitative estimate of drug-likeness (QED) is 0.589. The van der Waals surface area contributed by atoms with Gasteiger partial charge < -0.3 is 14.2 Å². The summed E-state index contributed by atoms with van der Waals surface area (Å²) in [5, 5.41) is 0. The summed E-state index contributed by atoms with van der Waals surface area (Å²) in [5.41, 5.74) is 0. The lowest BCUT2D eigenvalue weighted by molar-refractivity contribution is -0.00217. The van der Waals surface area contributed by atoms with Crippen molar-refractivity contribution in [1.82, 2.24) is 4.90 Å². The average Bonchev–Trinajstić information content (AvgIpc) is 2.24. The fourth-order valence-electron chi connectivity index (χ4n) is 1.46. The molecule has 0 aromatic carbocycles. The van der Waals surface area contributed by atoms with Gasteiger partial charge >= 0.3 is 0 Å². The molecule has 0 atom stereocenters. The molecule has 0 unspecified atom stereocenters. The Kier molecular flexibility index (Phi) is 6.92. The normalized spacial score (nSPS) is 18.6. The Balaban J connectivity index is 1.83. The molecule has 0 saturated carbocycles. The van der Waals surface area contributed by atoms with Crippen molar-refractivity contribution in [2.24, 2.45) is 0 Å². The maximum absolute atomic E-state index is 5.48. The average molecular weight is 217 g/mol. The van der Waals surface area contributed by atoms with Gasteiger partial charge in [0.15, 0.2) is 0 Å². The van der Waals surface area contributed by atoms with Gasteiger partial charge in [-0.15, -0.1) is 0 Å². The van der Waals surface area contributed by atoms with Crippen molar-refractivity contribution in [3.63, 3.8) is 0 Å². The zero-order valence-corrected chi connectivity index (χ0v) is 9.91. The highest BCUT2D eigenvalue weighted by Crippen LogP contribution is 1.96. The smallest absolute Gasteiger partial charge is 0.0703 e. The molecule has 0 N–H and O–H groups in total. The minimum Gasteiger partial charge on any atom is -0.379 e. The van der Waals surface area contributed by atoms with Crippen LogP contribution >= 0.6 is 0 Å². The predicted molar refractivity (Wildman–Crippen MR) is 59.2 cm³/mol. The van der Waals surface area contributed by atoms with Crippen molar-refractivity contribution in [2.45, 2.75) is 20.0 Å². The molecule has 0 spiro atoms. The minimum atomic E-state index is 0.299. The molecular weight excluding hydrogens is 194 g/mol. The van der Waals surface area contributed by atoms with E-state index in [2.05, 4.69) is 4.90 Å². The second-order valence-electron chi connectivity index (χ2n) is 3.99. The Hall–Kier alpha value is -0.160. The van der Waals surface area contributed by atoms with Gasteiger partial charge in [0, 0.05) is 19.6 Å². The molecule has 4 heteroatoms. The van der Waals surface area contributed by atoms with E-state index < -0.39 is 0 Å². The molecule has 90 valence electrons. The molecule has 0 radical (unpaired) electrons. The highest BCUT2D eigenvalue weighted by molar-refractivity contribution is 4.60. The molecule has 0 aromatic heterocycles.